The molecule has 1 aliphatic rings. The van der Waals surface area contributed by atoms with Crippen LogP contribution < -0.4 is 15.4 Å². The molecular formula is C23H34IN5O3. The van der Waals surface area contributed by atoms with Gasteiger partial charge in [0.25, 0.3) is 0 Å². The van der Waals surface area contributed by atoms with Gasteiger partial charge >= 0.3 is 0 Å². The molecule has 8 nitrogen and oxygen atoms in total. The number of nitrogens with zero attached hydrogens (tertiary/aromatic N) is 3. The second kappa shape index (κ2) is 13.3. The lowest BCUT2D eigenvalue weighted by Crippen LogP contribution is -2.45. The van der Waals surface area contributed by atoms with Crippen molar-refractivity contribution in [3.63, 3.8) is 0 Å². The van der Waals surface area contributed by atoms with Gasteiger partial charge in [0.2, 0.25) is 5.91 Å². The summed E-state index contributed by atoms with van der Waals surface area (Å²) in [6.45, 7) is 3.41. The Labute approximate surface area is 207 Å². The van der Waals surface area contributed by atoms with Crippen LogP contribution in [0.2, 0.25) is 0 Å². The van der Waals surface area contributed by atoms with Crippen molar-refractivity contribution in [1.82, 2.24) is 20.4 Å². The predicted octanol–water partition coefficient (Wildman–Crippen LogP) is 2.87. The number of rotatable bonds is 9. The highest BCUT2D eigenvalue weighted by atomic mass is 127. The number of hydrogen-bond donors (Lipinski definition) is 2. The number of methoxy groups -OCH3 is 1. The molecule has 3 rings (SSSR count). The van der Waals surface area contributed by atoms with E-state index in [1.165, 1.54) is 12.8 Å². The number of carbonyl (C=O) groups excluding carboxylic acids is 1. The van der Waals surface area contributed by atoms with Gasteiger partial charge in [-0.1, -0.05) is 12.1 Å². The molecule has 0 aliphatic carbocycles. The summed E-state index contributed by atoms with van der Waals surface area (Å²) in [5.74, 6) is 2.34. The lowest BCUT2D eigenvalue weighted by atomic mass is 10.2. The van der Waals surface area contributed by atoms with Crippen LogP contribution in [0, 0.1) is 0 Å². The Morgan fingerprint density at radius 1 is 1.19 bits per heavy atom. The second-order valence-corrected chi connectivity index (χ2v) is 7.81. The maximum Gasteiger partial charge on any atom is 0.241 e. The highest BCUT2D eigenvalue weighted by Gasteiger charge is 2.25. The number of furan rings is 1. The third kappa shape index (κ3) is 7.70. The molecule has 1 unspecified atom stereocenters. The number of nitrogens with one attached hydrogen (secondary N) is 2. The number of likely N-dealkylation sites (tertiary alicyclic amines) is 1. The van der Waals surface area contributed by atoms with E-state index < -0.39 is 0 Å². The number of benzene rings is 1. The second-order valence-electron chi connectivity index (χ2n) is 7.81. The maximum atomic E-state index is 12.1. The van der Waals surface area contributed by atoms with Crippen molar-refractivity contribution >= 4 is 35.8 Å². The molecule has 1 aliphatic heterocycles. The number of carbonyl (C=O) groups is 1. The molecule has 1 aromatic heterocycles. The molecule has 32 heavy (non-hydrogen) atoms. The van der Waals surface area contributed by atoms with E-state index in [1.54, 1.807) is 32.4 Å². The first-order valence-electron chi connectivity index (χ1n) is 10.7. The van der Waals surface area contributed by atoms with Gasteiger partial charge in [-0.3, -0.25) is 9.69 Å². The number of guanidine groups is 1. The number of likely N-dealkylation sites (N-methyl/N-ethyl adjacent to an activating group) is 1. The van der Waals surface area contributed by atoms with Gasteiger partial charge in [0, 0.05) is 20.6 Å². The van der Waals surface area contributed by atoms with Gasteiger partial charge in [0.1, 0.15) is 11.5 Å². The molecule has 0 saturated carbocycles. The molecule has 0 radical (unpaired) electrons. The third-order valence-electron chi connectivity index (χ3n) is 5.40. The van der Waals surface area contributed by atoms with Crippen LogP contribution in [0.15, 0.2) is 52.1 Å². The number of amides is 1. The number of aliphatic imine (C=N–C) groups is 1. The molecule has 0 bridgehead atoms. The summed E-state index contributed by atoms with van der Waals surface area (Å²) >= 11 is 0. The van der Waals surface area contributed by atoms with Crippen LogP contribution in [0.1, 0.15) is 30.2 Å². The minimum atomic E-state index is -0.0129. The third-order valence-corrected chi connectivity index (χ3v) is 5.40. The number of ether oxygens (including phenoxy) is 1. The van der Waals surface area contributed by atoms with E-state index in [1.807, 2.05) is 36.4 Å². The summed E-state index contributed by atoms with van der Waals surface area (Å²) in [4.78, 5) is 20.8. The van der Waals surface area contributed by atoms with Crippen molar-refractivity contribution < 1.29 is 13.9 Å². The van der Waals surface area contributed by atoms with Crippen LogP contribution in [0.3, 0.4) is 0 Å². The molecule has 176 valence electrons. The van der Waals surface area contributed by atoms with Crippen LogP contribution in [0.4, 0.5) is 0 Å². The topological polar surface area (TPSA) is 82.3 Å². The summed E-state index contributed by atoms with van der Waals surface area (Å²) in [5, 5.41) is 6.57. The summed E-state index contributed by atoms with van der Waals surface area (Å²) in [5.41, 5.74) is 1.06. The normalized spacial score (nSPS) is 15.0. The Morgan fingerprint density at radius 3 is 2.50 bits per heavy atom. The lowest BCUT2D eigenvalue weighted by Gasteiger charge is -2.27. The fourth-order valence-electron chi connectivity index (χ4n) is 3.53. The predicted molar refractivity (Wildman–Crippen MR) is 137 cm³/mol. The largest absolute Gasteiger partial charge is 0.497 e. The zero-order chi connectivity index (χ0) is 22.1. The van der Waals surface area contributed by atoms with E-state index in [0.717, 1.165) is 30.2 Å². The minimum absolute atomic E-state index is 0. The van der Waals surface area contributed by atoms with Gasteiger partial charge < -0.3 is 24.7 Å². The highest BCUT2D eigenvalue weighted by Crippen LogP contribution is 2.24. The Morgan fingerprint density at radius 2 is 1.91 bits per heavy atom. The highest BCUT2D eigenvalue weighted by molar-refractivity contribution is 14.0. The fourth-order valence-corrected chi connectivity index (χ4v) is 3.53. The van der Waals surface area contributed by atoms with Crippen LogP contribution in [0.5, 0.6) is 5.75 Å². The molecule has 1 fully saturated rings. The van der Waals surface area contributed by atoms with Gasteiger partial charge in [-0.25, -0.2) is 4.99 Å². The van der Waals surface area contributed by atoms with Crippen molar-refractivity contribution in [1.29, 1.82) is 0 Å². The molecule has 0 spiro atoms. The van der Waals surface area contributed by atoms with Crippen LogP contribution in [0.25, 0.3) is 0 Å². The first-order chi connectivity index (χ1) is 15.1. The molecule has 1 amide bonds. The number of hydrogen-bond acceptors (Lipinski definition) is 5. The van der Waals surface area contributed by atoms with Gasteiger partial charge in [-0.15, -0.1) is 24.0 Å². The Bertz CT molecular complexity index is 834. The van der Waals surface area contributed by atoms with Crippen LogP contribution in [-0.2, 0) is 11.3 Å². The van der Waals surface area contributed by atoms with Crippen molar-refractivity contribution in [2.24, 2.45) is 4.99 Å². The smallest absolute Gasteiger partial charge is 0.241 e. The molecule has 1 aromatic carbocycles. The van der Waals surface area contributed by atoms with E-state index in [2.05, 4.69) is 15.5 Å². The summed E-state index contributed by atoms with van der Waals surface area (Å²) < 4.78 is 10.9. The zero-order valence-corrected chi connectivity index (χ0v) is 21.4. The van der Waals surface area contributed by atoms with E-state index in [0.29, 0.717) is 19.0 Å². The zero-order valence-electron chi connectivity index (χ0n) is 19.0. The summed E-state index contributed by atoms with van der Waals surface area (Å²) in [6, 6.07) is 11.9. The van der Waals surface area contributed by atoms with Crippen molar-refractivity contribution in [3.05, 3.63) is 54.0 Å². The number of halogens is 1. The van der Waals surface area contributed by atoms with Crippen LogP contribution >= 0.6 is 24.0 Å². The van der Waals surface area contributed by atoms with Gasteiger partial charge in [-0.05, 0) is 55.8 Å². The lowest BCUT2D eigenvalue weighted by molar-refractivity contribution is -0.127. The van der Waals surface area contributed by atoms with Gasteiger partial charge in [-0.2, -0.15) is 0 Å². The molecule has 2 heterocycles. The summed E-state index contributed by atoms with van der Waals surface area (Å²) in [6.07, 6.45) is 4.11. The summed E-state index contributed by atoms with van der Waals surface area (Å²) in [7, 11) is 5.13. The molecule has 2 aromatic rings. The standard InChI is InChI=1S/C23H33N5O3.HI/c1-27(2)22(29)17-26-23(24-15-18-8-10-19(30-3)11-9-18)25-16-20(21-7-6-14-31-21)28-12-4-5-13-28;/h6-11,14,20H,4-5,12-13,15-17H2,1-3H3,(H2,24,25,26);1H. The first kappa shape index (κ1) is 26.0. The molecule has 1 saturated heterocycles. The Balaban J connectivity index is 0.00000363. The SMILES string of the molecule is COc1ccc(CN=C(NCC(=O)N(C)C)NCC(c2ccco2)N2CCCC2)cc1.I. The van der Waals surface area contributed by atoms with Gasteiger partial charge in [0.05, 0.1) is 32.5 Å². The molecular weight excluding hydrogens is 521 g/mol. The van der Waals surface area contributed by atoms with E-state index in [-0.39, 0.29) is 42.5 Å². The van der Waals surface area contributed by atoms with E-state index in [4.69, 9.17) is 14.1 Å². The van der Waals surface area contributed by atoms with Crippen molar-refractivity contribution in [2.75, 3.05) is 47.4 Å². The molecule has 9 heteroatoms. The first-order valence-corrected chi connectivity index (χ1v) is 10.7. The van der Waals surface area contributed by atoms with Crippen molar-refractivity contribution in [3.8, 4) is 5.75 Å². The Kier molecular flexibility index (Phi) is 10.8. The van der Waals surface area contributed by atoms with E-state index in [9.17, 15) is 4.79 Å². The molecule has 1 atom stereocenters. The molecule has 2 N–H and O–H groups in total. The van der Waals surface area contributed by atoms with Crippen LogP contribution in [-0.4, -0.2) is 69.1 Å². The minimum Gasteiger partial charge on any atom is -0.497 e. The van der Waals surface area contributed by atoms with E-state index >= 15 is 0 Å². The van der Waals surface area contributed by atoms with Crippen molar-refractivity contribution in [2.45, 2.75) is 25.4 Å². The van der Waals surface area contributed by atoms with Gasteiger partial charge in [0.15, 0.2) is 5.96 Å². The average molecular weight is 555 g/mol. The quantitative estimate of drug-likeness (QED) is 0.282. The average Bonchev–Trinajstić information content (AvgIpc) is 3.50. The Hall–Kier alpha value is -2.27. The fraction of sp³-hybridized carbons (Fsp3) is 0.478. The monoisotopic (exact) mass is 555 g/mol. The maximum absolute atomic E-state index is 12.1.